The highest BCUT2D eigenvalue weighted by atomic mass is 19.4. The van der Waals surface area contributed by atoms with Crippen molar-refractivity contribution < 1.29 is 22.4 Å². The van der Waals surface area contributed by atoms with Gasteiger partial charge in [0.25, 0.3) is 0 Å². The number of alkyl halides is 3. The second-order valence-electron chi connectivity index (χ2n) is 9.32. The molecule has 9 nitrogen and oxygen atoms in total. The zero-order chi connectivity index (χ0) is 29.6. The van der Waals surface area contributed by atoms with Crippen molar-refractivity contribution in [3.05, 3.63) is 85.1 Å². The molecule has 0 aliphatic rings. The first-order chi connectivity index (χ1) is 19.5. The van der Waals surface area contributed by atoms with E-state index in [0.29, 0.717) is 29.0 Å². The quantitative estimate of drug-likeness (QED) is 0.149. The first kappa shape index (κ1) is 29.2. The number of hydrogen-bond acceptors (Lipinski definition) is 7. The normalized spacial score (nSPS) is 11.4. The Morgan fingerprint density at radius 2 is 1.83 bits per heavy atom. The lowest BCUT2D eigenvalue weighted by molar-refractivity contribution is -0.137. The van der Waals surface area contributed by atoms with Crippen LogP contribution in [0.2, 0.25) is 0 Å². The van der Waals surface area contributed by atoms with Crippen LogP contribution in [0.15, 0.2) is 73.7 Å². The maximum atomic E-state index is 14.8. The summed E-state index contributed by atoms with van der Waals surface area (Å²) in [5.41, 5.74) is 0.765. The van der Waals surface area contributed by atoms with Crippen LogP contribution in [0.4, 0.5) is 46.4 Å². The Morgan fingerprint density at radius 3 is 2.51 bits per heavy atom. The van der Waals surface area contributed by atoms with E-state index in [2.05, 4.69) is 42.5 Å². The molecule has 214 valence electrons. The van der Waals surface area contributed by atoms with Crippen molar-refractivity contribution in [2.75, 3.05) is 36.6 Å². The highest BCUT2D eigenvalue weighted by Gasteiger charge is 2.30. The van der Waals surface area contributed by atoms with Crippen LogP contribution in [0.1, 0.15) is 12.0 Å². The number of nitrogens with one attached hydrogen (secondary N) is 3. The Labute approximate surface area is 233 Å². The third-order valence-corrected chi connectivity index (χ3v) is 5.87. The fourth-order valence-corrected chi connectivity index (χ4v) is 3.84. The average molecular weight is 569 g/mol. The summed E-state index contributed by atoms with van der Waals surface area (Å²) in [6.45, 7) is 5.00. The molecule has 0 bridgehead atoms. The number of hydrogen-bond donors (Lipinski definition) is 3. The largest absolute Gasteiger partial charge is 0.416 e. The first-order valence-electron chi connectivity index (χ1n) is 12.5. The molecule has 0 spiro atoms. The highest BCUT2D eigenvalue weighted by Crippen LogP contribution is 2.34. The second-order valence-corrected chi connectivity index (χ2v) is 9.32. The highest BCUT2D eigenvalue weighted by molar-refractivity contribution is 5.99. The number of carbonyl (C=O) groups is 1. The summed E-state index contributed by atoms with van der Waals surface area (Å²) in [6, 6.07) is 8.36. The van der Waals surface area contributed by atoms with E-state index < -0.39 is 23.5 Å². The minimum atomic E-state index is -4.50. The van der Waals surface area contributed by atoms with E-state index in [0.717, 1.165) is 37.2 Å². The summed E-state index contributed by atoms with van der Waals surface area (Å²) in [5.74, 6) is -0.866. The third kappa shape index (κ3) is 7.88. The van der Waals surface area contributed by atoms with Gasteiger partial charge in [-0.15, -0.1) is 0 Å². The molecule has 4 rings (SSSR count). The van der Waals surface area contributed by atoms with Gasteiger partial charge in [0, 0.05) is 30.2 Å². The number of aromatic nitrogens is 4. The monoisotopic (exact) mass is 568 g/mol. The lowest BCUT2D eigenvalue weighted by atomic mass is 10.1. The van der Waals surface area contributed by atoms with E-state index in [4.69, 9.17) is 0 Å². The molecule has 0 unspecified atom stereocenters. The molecule has 0 radical (unpaired) electrons. The van der Waals surface area contributed by atoms with Gasteiger partial charge in [0.2, 0.25) is 11.9 Å². The summed E-state index contributed by atoms with van der Waals surface area (Å²) in [7, 11) is 3.99. The molecule has 1 amide bonds. The molecule has 0 saturated heterocycles. The van der Waals surface area contributed by atoms with Gasteiger partial charge < -0.3 is 20.9 Å². The summed E-state index contributed by atoms with van der Waals surface area (Å²) in [5, 5.41) is 12.8. The Kier molecular flexibility index (Phi) is 8.97. The van der Waals surface area contributed by atoms with Gasteiger partial charge in [-0.05, 0) is 69.0 Å². The van der Waals surface area contributed by atoms with Crippen LogP contribution in [0.3, 0.4) is 0 Å². The van der Waals surface area contributed by atoms with Gasteiger partial charge in [-0.3, -0.25) is 9.48 Å². The molecular formula is C28H28F4N8O. The summed E-state index contributed by atoms with van der Waals surface area (Å²) in [6.07, 6.45) is 2.30. The lowest BCUT2D eigenvalue weighted by Gasteiger charge is -2.15. The van der Waals surface area contributed by atoms with Gasteiger partial charge in [-0.1, -0.05) is 18.7 Å². The van der Waals surface area contributed by atoms with Crippen molar-refractivity contribution >= 4 is 34.7 Å². The van der Waals surface area contributed by atoms with Crippen molar-refractivity contribution in [3.8, 4) is 11.1 Å². The average Bonchev–Trinajstić information content (AvgIpc) is 3.37. The van der Waals surface area contributed by atoms with Crippen LogP contribution < -0.4 is 16.0 Å². The molecule has 13 heteroatoms. The third-order valence-electron chi connectivity index (χ3n) is 5.87. The molecule has 3 N–H and O–H groups in total. The molecule has 41 heavy (non-hydrogen) atoms. The van der Waals surface area contributed by atoms with Crippen LogP contribution in [0.25, 0.3) is 11.1 Å². The van der Waals surface area contributed by atoms with Crippen molar-refractivity contribution in [3.63, 3.8) is 0 Å². The molecule has 0 aliphatic carbocycles. The Morgan fingerprint density at radius 1 is 1.07 bits per heavy atom. The summed E-state index contributed by atoms with van der Waals surface area (Å²) >= 11 is 0. The maximum absolute atomic E-state index is 14.8. The number of anilines is 5. The van der Waals surface area contributed by atoms with E-state index in [1.807, 2.05) is 14.1 Å². The number of carbonyl (C=O) groups excluding carboxylic acids is 1. The molecule has 0 fully saturated rings. The molecule has 2 aromatic heterocycles. The Bertz CT molecular complexity index is 1520. The van der Waals surface area contributed by atoms with E-state index in [1.54, 1.807) is 17.1 Å². The standard InChI is InChI=1S/C28H28F4N8O/c1-4-25(41)35-20-10-11-23(29)24(14-20)37-26-22(18-6-8-19(9-7-18)28(30,31)32)16-33-27(38-26)36-21-15-34-40(17-21)13-5-12-39(2)3/h4,6-11,14-17H,1,5,12-13H2,2-3H3,(H,35,41)(H2,33,36,37,38). The minimum Gasteiger partial charge on any atom is -0.337 e. The zero-order valence-corrected chi connectivity index (χ0v) is 22.3. The lowest BCUT2D eigenvalue weighted by Crippen LogP contribution is -2.15. The van der Waals surface area contributed by atoms with Crippen molar-refractivity contribution in [1.29, 1.82) is 0 Å². The fraction of sp³-hybridized carbons (Fsp3) is 0.214. The number of rotatable bonds is 11. The Hall–Kier alpha value is -4.78. The molecule has 2 aromatic carbocycles. The van der Waals surface area contributed by atoms with Crippen LogP contribution in [-0.2, 0) is 17.5 Å². The first-order valence-corrected chi connectivity index (χ1v) is 12.5. The number of halogens is 4. The van der Waals surface area contributed by atoms with Crippen molar-refractivity contribution in [2.24, 2.45) is 0 Å². The predicted molar refractivity (Wildman–Crippen MR) is 150 cm³/mol. The molecule has 2 heterocycles. The van der Waals surface area contributed by atoms with Crippen LogP contribution >= 0.6 is 0 Å². The topological polar surface area (TPSA) is 100 Å². The molecule has 0 atom stereocenters. The van der Waals surface area contributed by atoms with Gasteiger partial charge in [0.05, 0.1) is 23.1 Å². The Balaban J connectivity index is 1.65. The predicted octanol–water partition coefficient (Wildman–Crippen LogP) is 6.06. The minimum absolute atomic E-state index is 0.0293. The smallest absolute Gasteiger partial charge is 0.337 e. The van der Waals surface area contributed by atoms with Crippen LogP contribution in [-0.4, -0.2) is 51.2 Å². The van der Waals surface area contributed by atoms with Gasteiger partial charge in [-0.25, -0.2) is 9.37 Å². The number of nitrogens with zero attached hydrogens (tertiary/aromatic N) is 5. The van der Waals surface area contributed by atoms with Crippen molar-refractivity contribution in [2.45, 2.75) is 19.1 Å². The van der Waals surface area contributed by atoms with Crippen molar-refractivity contribution in [1.82, 2.24) is 24.6 Å². The van der Waals surface area contributed by atoms with Gasteiger partial charge in [0.1, 0.15) is 11.6 Å². The SMILES string of the molecule is C=CC(=O)Nc1ccc(F)c(Nc2nc(Nc3cnn(CCCN(C)C)c3)ncc2-c2ccc(C(F)(F)F)cc2)c1. The van der Waals surface area contributed by atoms with Crippen LogP contribution in [0, 0.1) is 5.82 Å². The number of aryl methyl sites for hydroxylation is 1. The van der Waals surface area contributed by atoms with Gasteiger partial charge in [0.15, 0.2) is 0 Å². The van der Waals surface area contributed by atoms with Gasteiger partial charge >= 0.3 is 6.18 Å². The molecule has 0 aliphatic heterocycles. The van der Waals surface area contributed by atoms with Crippen LogP contribution in [0.5, 0.6) is 0 Å². The fourth-order valence-electron chi connectivity index (χ4n) is 3.84. The number of amides is 1. The summed E-state index contributed by atoms with van der Waals surface area (Å²) < 4.78 is 55.9. The van der Waals surface area contributed by atoms with E-state index >= 15 is 0 Å². The molecule has 4 aromatic rings. The number of benzene rings is 2. The second kappa shape index (κ2) is 12.6. The van der Waals surface area contributed by atoms with E-state index in [9.17, 15) is 22.4 Å². The molecular weight excluding hydrogens is 540 g/mol. The maximum Gasteiger partial charge on any atom is 0.416 e. The zero-order valence-electron chi connectivity index (χ0n) is 22.3. The summed E-state index contributed by atoms with van der Waals surface area (Å²) in [4.78, 5) is 22.6. The van der Waals surface area contributed by atoms with E-state index in [1.165, 1.54) is 30.5 Å². The van der Waals surface area contributed by atoms with Gasteiger partial charge in [-0.2, -0.15) is 23.3 Å². The molecule has 0 saturated carbocycles. The van der Waals surface area contributed by atoms with E-state index in [-0.39, 0.29) is 17.5 Å².